The summed E-state index contributed by atoms with van der Waals surface area (Å²) in [6.07, 6.45) is 1.66. The van der Waals surface area contributed by atoms with Crippen LogP contribution in [0, 0.1) is 0 Å². The van der Waals surface area contributed by atoms with Gasteiger partial charge in [0.05, 0.1) is 6.20 Å². The van der Waals surface area contributed by atoms with E-state index in [-0.39, 0.29) is 5.91 Å². The van der Waals surface area contributed by atoms with Crippen molar-refractivity contribution >= 4 is 38.7 Å². The smallest absolute Gasteiger partial charge is 0.263 e. The molecule has 2 aromatic heterocycles. The quantitative estimate of drug-likeness (QED) is 0.565. The molecule has 24 heavy (non-hydrogen) atoms. The van der Waals surface area contributed by atoms with Gasteiger partial charge in [-0.15, -0.1) is 22.7 Å². The maximum atomic E-state index is 12.3. The third-order valence-corrected chi connectivity index (χ3v) is 5.73. The Kier molecular flexibility index (Phi) is 4.11. The van der Waals surface area contributed by atoms with E-state index in [1.807, 2.05) is 42.5 Å². The number of rotatable bonds is 4. The highest BCUT2D eigenvalue weighted by Gasteiger charge is 2.14. The van der Waals surface area contributed by atoms with Crippen molar-refractivity contribution in [2.24, 2.45) is 0 Å². The first-order valence-electron chi connectivity index (χ1n) is 7.56. The first kappa shape index (κ1) is 15.1. The van der Waals surface area contributed by atoms with Gasteiger partial charge in [-0.25, -0.2) is 4.98 Å². The molecule has 3 nitrogen and oxygen atoms in total. The Hall–Kier alpha value is -2.50. The van der Waals surface area contributed by atoms with E-state index < -0.39 is 0 Å². The first-order valence-corrected chi connectivity index (χ1v) is 9.25. The molecular formula is C19H14N2OS2. The lowest BCUT2D eigenvalue weighted by atomic mass is 10.2. The number of carbonyl (C=O) groups is 1. The molecule has 0 atom stereocenters. The Morgan fingerprint density at radius 3 is 2.71 bits per heavy atom. The molecule has 0 spiro atoms. The Balaban J connectivity index is 1.53. The molecular weight excluding hydrogens is 336 g/mol. The molecule has 118 valence electrons. The van der Waals surface area contributed by atoms with Crippen molar-refractivity contribution < 1.29 is 4.79 Å². The third-order valence-electron chi connectivity index (χ3n) is 3.74. The van der Waals surface area contributed by atoms with Crippen LogP contribution < -0.4 is 5.32 Å². The minimum atomic E-state index is -0.0814. The Labute approximate surface area is 147 Å². The van der Waals surface area contributed by atoms with Crippen LogP contribution >= 0.6 is 22.7 Å². The molecule has 2 heterocycles. The summed E-state index contributed by atoms with van der Waals surface area (Å²) in [5.74, 6) is -0.0814. The number of benzene rings is 2. The summed E-state index contributed by atoms with van der Waals surface area (Å²) in [5.41, 5.74) is 2.18. The summed E-state index contributed by atoms with van der Waals surface area (Å²) in [6, 6.07) is 18.1. The lowest BCUT2D eigenvalue weighted by molar-refractivity contribution is 0.0955. The number of carbonyl (C=O) groups excluding carboxylic acids is 1. The molecule has 0 fully saturated rings. The molecule has 0 saturated carbocycles. The fraction of sp³-hybridized carbons (Fsp3) is 0.0526. The zero-order valence-electron chi connectivity index (χ0n) is 12.7. The minimum absolute atomic E-state index is 0.0814. The van der Waals surface area contributed by atoms with Gasteiger partial charge in [0.15, 0.2) is 0 Å². The minimum Gasteiger partial charge on any atom is -0.347 e. The molecule has 5 heteroatoms. The summed E-state index contributed by atoms with van der Waals surface area (Å²) in [5, 5.41) is 7.13. The van der Waals surface area contributed by atoms with E-state index in [4.69, 9.17) is 0 Å². The summed E-state index contributed by atoms with van der Waals surface area (Å²) < 4.78 is 1.23. The number of nitrogens with zero attached hydrogens (tertiary/aromatic N) is 1. The zero-order valence-corrected chi connectivity index (χ0v) is 14.4. The molecule has 4 rings (SSSR count). The average Bonchev–Trinajstić information content (AvgIpc) is 3.27. The molecule has 1 N–H and O–H groups in total. The highest BCUT2D eigenvalue weighted by atomic mass is 32.1. The van der Waals surface area contributed by atoms with E-state index in [0.29, 0.717) is 11.4 Å². The standard InChI is InChI=1S/C19H14N2OS2/c22-18(20-10-13-6-2-1-3-7-13)17-11-21-19(24-17)15-12-23-16-9-5-4-8-14(15)16/h1-9,11-12H,10H2,(H,20,22). The van der Waals surface area contributed by atoms with Crippen LogP contribution in [0.3, 0.4) is 0 Å². The molecule has 0 saturated heterocycles. The summed E-state index contributed by atoms with van der Waals surface area (Å²) >= 11 is 3.13. The molecule has 0 aliphatic carbocycles. The van der Waals surface area contributed by atoms with Crippen molar-refractivity contribution in [3.8, 4) is 10.6 Å². The number of fused-ring (bicyclic) bond motifs is 1. The van der Waals surface area contributed by atoms with Crippen LogP contribution in [0.4, 0.5) is 0 Å². The first-order chi connectivity index (χ1) is 11.8. The number of thiophene rings is 1. The molecule has 0 unspecified atom stereocenters. The lowest BCUT2D eigenvalue weighted by Crippen LogP contribution is -2.21. The SMILES string of the molecule is O=C(NCc1ccccc1)c1cnc(-c2csc3ccccc23)s1. The van der Waals surface area contributed by atoms with E-state index in [1.54, 1.807) is 17.5 Å². The molecule has 1 amide bonds. The van der Waals surface area contributed by atoms with Crippen LogP contribution in [0.1, 0.15) is 15.2 Å². The van der Waals surface area contributed by atoms with Crippen molar-refractivity contribution in [1.29, 1.82) is 0 Å². The lowest BCUT2D eigenvalue weighted by Gasteiger charge is -2.02. The molecule has 0 aliphatic heterocycles. The highest BCUT2D eigenvalue weighted by molar-refractivity contribution is 7.19. The summed E-state index contributed by atoms with van der Waals surface area (Å²) in [7, 11) is 0. The second kappa shape index (κ2) is 6.55. The fourth-order valence-electron chi connectivity index (χ4n) is 2.51. The number of amides is 1. The van der Waals surface area contributed by atoms with E-state index in [0.717, 1.165) is 16.1 Å². The second-order valence-corrected chi connectivity index (χ2v) is 7.29. The highest BCUT2D eigenvalue weighted by Crippen LogP contribution is 2.35. The van der Waals surface area contributed by atoms with Crippen LogP contribution in [-0.2, 0) is 6.54 Å². The summed E-state index contributed by atoms with van der Waals surface area (Å²) in [4.78, 5) is 17.4. The van der Waals surface area contributed by atoms with Gasteiger partial charge in [-0.05, 0) is 11.6 Å². The maximum Gasteiger partial charge on any atom is 0.263 e. The number of hydrogen-bond donors (Lipinski definition) is 1. The van der Waals surface area contributed by atoms with E-state index in [1.165, 1.54) is 21.4 Å². The van der Waals surface area contributed by atoms with Crippen LogP contribution in [0.2, 0.25) is 0 Å². The predicted molar refractivity (Wildman–Crippen MR) is 101 cm³/mol. The van der Waals surface area contributed by atoms with Gasteiger partial charge in [0.2, 0.25) is 0 Å². The summed E-state index contributed by atoms with van der Waals surface area (Å²) in [6.45, 7) is 0.522. The van der Waals surface area contributed by atoms with Crippen LogP contribution in [0.15, 0.2) is 66.2 Å². The Morgan fingerprint density at radius 2 is 1.83 bits per heavy atom. The molecule has 0 bridgehead atoms. The monoisotopic (exact) mass is 350 g/mol. The fourth-order valence-corrected chi connectivity index (χ4v) is 4.40. The van der Waals surface area contributed by atoms with Gasteiger partial charge in [-0.2, -0.15) is 0 Å². The van der Waals surface area contributed by atoms with Gasteiger partial charge < -0.3 is 5.32 Å². The van der Waals surface area contributed by atoms with Gasteiger partial charge in [-0.3, -0.25) is 4.79 Å². The number of aromatic nitrogens is 1. The maximum absolute atomic E-state index is 12.3. The van der Waals surface area contributed by atoms with Crippen LogP contribution in [-0.4, -0.2) is 10.9 Å². The van der Waals surface area contributed by atoms with Crippen molar-refractivity contribution in [2.75, 3.05) is 0 Å². The number of hydrogen-bond acceptors (Lipinski definition) is 4. The van der Waals surface area contributed by atoms with E-state index in [2.05, 4.69) is 27.8 Å². The number of nitrogens with one attached hydrogen (secondary N) is 1. The average molecular weight is 350 g/mol. The van der Waals surface area contributed by atoms with Crippen molar-refractivity contribution in [3.63, 3.8) is 0 Å². The zero-order chi connectivity index (χ0) is 16.4. The Bertz CT molecular complexity index is 989. The molecule has 0 aliphatic rings. The van der Waals surface area contributed by atoms with Crippen LogP contribution in [0.5, 0.6) is 0 Å². The largest absolute Gasteiger partial charge is 0.347 e. The van der Waals surface area contributed by atoms with Gasteiger partial charge in [0.25, 0.3) is 5.91 Å². The van der Waals surface area contributed by atoms with Gasteiger partial charge >= 0.3 is 0 Å². The van der Waals surface area contributed by atoms with Gasteiger partial charge in [0, 0.05) is 27.6 Å². The van der Waals surface area contributed by atoms with Crippen molar-refractivity contribution in [2.45, 2.75) is 6.54 Å². The van der Waals surface area contributed by atoms with Gasteiger partial charge in [0.1, 0.15) is 9.88 Å². The third kappa shape index (κ3) is 2.96. The Morgan fingerprint density at radius 1 is 1.04 bits per heavy atom. The van der Waals surface area contributed by atoms with E-state index in [9.17, 15) is 4.79 Å². The molecule has 0 radical (unpaired) electrons. The van der Waals surface area contributed by atoms with Crippen molar-refractivity contribution in [3.05, 3.63) is 76.6 Å². The number of thiazole rings is 1. The molecule has 4 aromatic rings. The van der Waals surface area contributed by atoms with E-state index >= 15 is 0 Å². The van der Waals surface area contributed by atoms with Crippen molar-refractivity contribution in [1.82, 2.24) is 10.3 Å². The second-order valence-electron chi connectivity index (χ2n) is 5.34. The van der Waals surface area contributed by atoms with Gasteiger partial charge in [-0.1, -0.05) is 48.5 Å². The predicted octanol–water partition coefficient (Wildman–Crippen LogP) is 4.95. The van der Waals surface area contributed by atoms with Crippen LogP contribution in [0.25, 0.3) is 20.7 Å². The molecule has 2 aromatic carbocycles. The topological polar surface area (TPSA) is 42.0 Å². The normalized spacial score (nSPS) is 10.8.